The van der Waals surface area contributed by atoms with Gasteiger partial charge in [-0.2, -0.15) is 0 Å². The van der Waals surface area contributed by atoms with Crippen LogP contribution in [0.1, 0.15) is 5.69 Å². The molecule has 4 rings (SSSR count). The molecular weight excluding hydrogens is 468 g/mol. The van der Waals surface area contributed by atoms with Gasteiger partial charge in [-0.25, -0.2) is 8.42 Å². The second-order valence-corrected chi connectivity index (χ2v) is 9.01. The zero-order valence-corrected chi connectivity index (χ0v) is 18.5. The summed E-state index contributed by atoms with van der Waals surface area (Å²) in [5.74, 6) is 0.564. The third-order valence-electron chi connectivity index (χ3n) is 4.67. The van der Waals surface area contributed by atoms with E-state index >= 15 is 0 Å². The van der Waals surface area contributed by atoms with Gasteiger partial charge in [-0.1, -0.05) is 59.2 Å². The van der Waals surface area contributed by atoms with Crippen LogP contribution < -0.4 is 10.0 Å². The normalized spacial score (nSPS) is 11.2. The van der Waals surface area contributed by atoms with Crippen molar-refractivity contribution >= 4 is 38.7 Å². The summed E-state index contributed by atoms with van der Waals surface area (Å²) in [6.45, 7) is 0.140. The molecule has 0 atom stereocenters. The van der Waals surface area contributed by atoms with Crippen molar-refractivity contribution in [3.63, 3.8) is 0 Å². The van der Waals surface area contributed by atoms with Crippen molar-refractivity contribution in [3.8, 4) is 11.3 Å². The van der Waals surface area contributed by atoms with E-state index < -0.39 is 20.6 Å². The first-order chi connectivity index (χ1) is 15.8. The van der Waals surface area contributed by atoms with Gasteiger partial charge in [0.05, 0.1) is 27.1 Å². The molecule has 1 heterocycles. The number of benzene rings is 3. The number of para-hydroxylation sites is 1. The third kappa shape index (κ3) is 5.13. The maximum atomic E-state index is 12.7. The molecule has 168 valence electrons. The molecule has 33 heavy (non-hydrogen) atoms. The summed E-state index contributed by atoms with van der Waals surface area (Å²) in [6.07, 6.45) is 0. The zero-order chi connectivity index (χ0) is 23.4. The average Bonchev–Trinajstić information content (AvgIpc) is 3.28. The summed E-state index contributed by atoms with van der Waals surface area (Å²) in [4.78, 5) is 10.7. The Morgan fingerprint density at radius 3 is 2.42 bits per heavy atom. The van der Waals surface area contributed by atoms with Crippen LogP contribution >= 0.6 is 11.6 Å². The van der Waals surface area contributed by atoms with Crippen LogP contribution in [-0.2, 0) is 16.6 Å². The van der Waals surface area contributed by atoms with Crippen molar-refractivity contribution in [2.75, 3.05) is 10.0 Å². The molecule has 1 aromatic heterocycles. The van der Waals surface area contributed by atoms with E-state index in [2.05, 4.69) is 15.2 Å². The number of rotatable bonds is 8. The van der Waals surface area contributed by atoms with E-state index in [1.54, 1.807) is 18.2 Å². The number of aromatic nitrogens is 1. The molecular formula is C22H17ClN4O5S. The van der Waals surface area contributed by atoms with E-state index in [1.807, 2.05) is 30.3 Å². The summed E-state index contributed by atoms with van der Waals surface area (Å²) in [6, 6.07) is 21.0. The van der Waals surface area contributed by atoms with Crippen LogP contribution in [0.3, 0.4) is 0 Å². The summed E-state index contributed by atoms with van der Waals surface area (Å²) in [5, 5.41) is 18.7. The van der Waals surface area contributed by atoms with Crippen LogP contribution in [0.2, 0.25) is 5.02 Å². The highest BCUT2D eigenvalue weighted by molar-refractivity contribution is 7.92. The van der Waals surface area contributed by atoms with Gasteiger partial charge in [-0.3, -0.25) is 14.8 Å². The van der Waals surface area contributed by atoms with Crippen molar-refractivity contribution in [1.29, 1.82) is 0 Å². The molecule has 0 unspecified atom stereocenters. The minimum atomic E-state index is -4.10. The number of nitro benzene ring substituents is 1. The van der Waals surface area contributed by atoms with Gasteiger partial charge in [-0.15, -0.1) is 0 Å². The Morgan fingerprint density at radius 2 is 1.70 bits per heavy atom. The van der Waals surface area contributed by atoms with Crippen molar-refractivity contribution in [3.05, 3.63) is 99.7 Å². The van der Waals surface area contributed by atoms with Crippen molar-refractivity contribution < 1.29 is 17.9 Å². The number of anilines is 2. The molecule has 0 aliphatic heterocycles. The lowest BCUT2D eigenvalue weighted by Gasteiger charge is -2.11. The molecule has 0 spiro atoms. The molecule has 0 aliphatic carbocycles. The second-order valence-electron chi connectivity index (χ2n) is 6.92. The number of nitrogens with zero attached hydrogens (tertiary/aromatic N) is 2. The van der Waals surface area contributed by atoms with E-state index in [0.717, 1.165) is 11.6 Å². The van der Waals surface area contributed by atoms with E-state index in [-0.39, 0.29) is 27.8 Å². The number of halogens is 1. The lowest BCUT2D eigenvalue weighted by molar-refractivity contribution is -0.384. The SMILES string of the molecule is O=[N+]([O-])c1cc(S(=O)(=O)Nc2ccccc2Cl)ccc1NCc1cc(-c2ccccc2)on1. The van der Waals surface area contributed by atoms with Crippen LogP contribution in [0.25, 0.3) is 11.3 Å². The fourth-order valence-corrected chi connectivity index (χ4v) is 4.38. The predicted octanol–water partition coefficient (Wildman–Crippen LogP) is 5.32. The Morgan fingerprint density at radius 1 is 0.970 bits per heavy atom. The lowest BCUT2D eigenvalue weighted by Crippen LogP contribution is -2.14. The molecule has 11 heteroatoms. The van der Waals surface area contributed by atoms with Gasteiger partial charge in [-0.05, 0) is 24.3 Å². The summed E-state index contributed by atoms with van der Waals surface area (Å²) >= 11 is 6.01. The van der Waals surface area contributed by atoms with Crippen molar-refractivity contribution in [2.45, 2.75) is 11.4 Å². The molecule has 3 aromatic carbocycles. The minimum Gasteiger partial charge on any atom is -0.374 e. The van der Waals surface area contributed by atoms with E-state index in [0.29, 0.717) is 11.5 Å². The van der Waals surface area contributed by atoms with Crippen LogP contribution in [0.5, 0.6) is 0 Å². The van der Waals surface area contributed by atoms with Crippen LogP contribution in [0.15, 0.2) is 88.3 Å². The van der Waals surface area contributed by atoms with Crippen molar-refractivity contribution in [1.82, 2.24) is 5.16 Å². The summed E-state index contributed by atoms with van der Waals surface area (Å²) < 4.78 is 33.1. The molecule has 9 nitrogen and oxygen atoms in total. The zero-order valence-electron chi connectivity index (χ0n) is 16.9. The van der Waals surface area contributed by atoms with E-state index in [1.165, 1.54) is 24.3 Å². The highest BCUT2D eigenvalue weighted by atomic mass is 35.5. The van der Waals surface area contributed by atoms with Gasteiger partial charge in [0, 0.05) is 17.7 Å². The largest absolute Gasteiger partial charge is 0.374 e. The minimum absolute atomic E-state index is 0.140. The molecule has 0 bridgehead atoms. The fraction of sp³-hybridized carbons (Fsp3) is 0.0455. The van der Waals surface area contributed by atoms with Crippen molar-refractivity contribution in [2.24, 2.45) is 0 Å². The van der Waals surface area contributed by atoms with Gasteiger partial charge >= 0.3 is 0 Å². The Hall–Kier alpha value is -3.89. The Bertz CT molecular complexity index is 1410. The highest BCUT2D eigenvalue weighted by Gasteiger charge is 2.22. The molecule has 2 N–H and O–H groups in total. The number of hydrogen-bond acceptors (Lipinski definition) is 7. The smallest absolute Gasteiger partial charge is 0.293 e. The average molecular weight is 485 g/mol. The Kier molecular flexibility index (Phi) is 6.29. The van der Waals surface area contributed by atoms with Gasteiger partial charge in [0.1, 0.15) is 11.4 Å². The van der Waals surface area contributed by atoms with E-state index in [9.17, 15) is 18.5 Å². The fourth-order valence-electron chi connectivity index (χ4n) is 3.05. The Labute approximate surface area is 194 Å². The highest BCUT2D eigenvalue weighted by Crippen LogP contribution is 2.30. The van der Waals surface area contributed by atoms with Crippen LogP contribution in [0, 0.1) is 10.1 Å². The first-order valence-electron chi connectivity index (χ1n) is 9.64. The summed E-state index contributed by atoms with van der Waals surface area (Å²) in [7, 11) is -4.10. The van der Waals surface area contributed by atoms with E-state index in [4.69, 9.17) is 16.1 Å². The molecule has 0 radical (unpaired) electrons. The second kappa shape index (κ2) is 9.31. The number of hydrogen-bond donors (Lipinski definition) is 2. The standard InChI is InChI=1S/C22H17ClN4O5S/c23-18-8-4-5-9-19(18)26-33(30,31)17-10-11-20(21(13-17)27(28)29)24-14-16-12-22(32-25-16)15-6-2-1-3-7-15/h1-13,24,26H,14H2. The molecule has 0 aliphatic rings. The maximum absolute atomic E-state index is 12.7. The maximum Gasteiger partial charge on any atom is 0.293 e. The Balaban J connectivity index is 1.54. The first-order valence-corrected chi connectivity index (χ1v) is 11.5. The summed E-state index contributed by atoms with van der Waals surface area (Å²) in [5.41, 5.74) is 1.29. The monoisotopic (exact) mass is 484 g/mol. The van der Waals surface area contributed by atoms with Crippen LogP contribution in [0.4, 0.5) is 17.1 Å². The van der Waals surface area contributed by atoms with Gasteiger partial charge < -0.3 is 9.84 Å². The topological polar surface area (TPSA) is 127 Å². The van der Waals surface area contributed by atoms with Crippen LogP contribution in [-0.4, -0.2) is 18.5 Å². The first kappa shape index (κ1) is 22.3. The molecule has 0 saturated carbocycles. The third-order valence-corrected chi connectivity index (χ3v) is 6.36. The quantitative estimate of drug-likeness (QED) is 0.256. The lowest BCUT2D eigenvalue weighted by atomic mass is 10.1. The number of nitrogens with one attached hydrogen (secondary N) is 2. The molecule has 0 saturated heterocycles. The predicted molar refractivity (Wildman–Crippen MR) is 125 cm³/mol. The van der Waals surface area contributed by atoms with Gasteiger partial charge in [0.25, 0.3) is 15.7 Å². The van der Waals surface area contributed by atoms with Gasteiger partial charge in [0.15, 0.2) is 5.76 Å². The molecule has 0 amide bonds. The van der Waals surface area contributed by atoms with Gasteiger partial charge in [0.2, 0.25) is 0 Å². The number of nitro groups is 1. The number of sulfonamides is 1. The molecule has 0 fully saturated rings. The molecule has 4 aromatic rings.